The van der Waals surface area contributed by atoms with E-state index in [1.807, 2.05) is 31.2 Å². The fraction of sp³-hybridized carbons (Fsp3) is 0.767. The van der Waals surface area contributed by atoms with Crippen LogP contribution in [0.2, 0.25) is 0 Å². The van der Waals surface area contributed by atoms with Crippen molar-refractivity contribution in [2.45, 2.75) is 258 Å². The van der Waals surface area contributed by atoms with Crippen LogP contribution in [0.15, 0.2) is 30.5 Å². The molecule has 5 atom stereocenters. The van der Waals surface area contributed by atoms with Crippen molar-refractivity contribution in [2.75, 3.05) is 32.9 Å². The van der Waals surface area contributed by atoms with Gasteiger partial charge < -0.3 is 41.0 Å². The number of carbonyl (C=O) groups is 6. The fourth-order valence-electron chi connectivity index (χ4n) is 9.49. The predicted molar refractivity (Wildman–Crippen MR) is 312 cm³/mol. The van der Waals surface area contributed by atoms with Crippen LogP contribution in [-0.2, 0) is 59.2 Å². The van der Waals surface area contributed by atoms with Crippen LogP contribution >= 0.6 is 0 Å². The summed E-state index contributed by atoms with van der Waals surface area (Å²) < 4.78 is 49.3. The van der Waals surface area contributed by atoms with Gasteiger partial charge in [-0.15, -0.1) is 0 Å². The van der Waals surface area contributed by atoms with Crippen LogP contribution in [0.3, 0.4) is 0 Å². The van der Waals surface area contributed by atoms with E-state index in [0.29, 0.717) is 32.1 Å². The van der Waals surface area contributed by atoms with Crippen LogP contribution in [-0.4, -0.2) is 111 Å². The Labute approximate surface area is 474 Å². The lowest BCUT2D eigenvalue weighted by atomic mass is 9.98. The molecule has 5 amide bonds. The standard InChI is InChI=1S/C60H104N6O12S/c1-6-10-13-16-18-20-21-23-24-27-30-37-54(67)64-49(45-76-40-39-50(34-29-26-15-12-8-3)78-57(70)38-31-28-25-22-19-17-14-11-7-2)43-62-59(71)53(46-77-79(73,74)75)65-56(69)44-63-60(72)58(47(5)9-4)66-55(68)41-48-42-61-52-36-33-32-35-51(48)52/h32-33,35-36,42,47,49-50,53,58,61H,6-31,34,37-41,43-46H2,1-5H3,(H,62,71)(H,63,72)(H,64,67)(H,65,69)(H,66,68)(H,73,74,75)/t47-,49+,50+,53+,58-/m1/s1. The summed E-state index contributed by atoms with van der Waals surface area (Å²) in [5.74, 6) is -3.63. The molecule has 0 saturated carbocycles. The first-order valence-corrected chi connectivity index (χ1v) is 31.8. The summed E-state index contributed by atoms with van der Waals surface area (Å²) in [4.78, 5) is 83.2. The summed E-state index contributed by atoms with van der Waals surface area (Å²) >= 11 is 0. The molecule has 0 radical (unpaired) electrons. The molecule has 1 aromatic heterocycles. The van der Waals surface area contributed by atoms with Crippen molar-refractivity contribution in [3.05, 3.63) is 36.0 Å². The van der Waals surface area contributed by atoms with Gasteiger partial charge in [-0.1, -0.05) is 200 Å². The summed E-state index contributed by atoms with van der Waals surface area (Å²) in [6.45, 7) is 8.58. The van der Waals surface area contributed by atoms with Crippen LogP contribution in [0.1, 0.15) is 233 Å². The molecule has 0 aliphatic rings. The molecule has 0 aliphatic carbocycles. The van der Waals surface area contributed by atoms with E-state index < -0.39 is 65.3 Å². The number of hydrogen-bond acceptors (Lipinski definition) is 11. The van der Waals surface area contributed by atoms with E-state index in [9.17, 15) is 41.7 Å². The highest BCUT2D eigenvalue weighted by molar-refractivity contribution is 7.80. The molecular weight excluding hydrogens is 1030 g/mol. The molecule has 0 saturated heterocycles. The second-order valence-electron chi connectivity index (χ2n) is 21.6. The fourth-order valence-corrected chi connectivity index (χ4v) is 9.80. The molecule has 1 aromatic carbocycles. The minimum absolute atomic E-state index is 0.00167. The molecular formula is C60H104N6O12S. The van der Waals surface area contributed by atoms with Gasteiger partial charge in [0.2, 0.25) is 29.5 Å². The van der Waals surface area contributed by atoms with Crippen LogP contribution < -0.4 is 26.6 Å². The molecule has 0 spiro atoms. The van der Waals surface area contributed by atoms with E-state index in [-0.39, 0.29) is 56.5 Å². The van der Waals surface area contributed by atoms with Gasteiger partial charge in [-0.2, -0.15) is 8.42 Å². The number of nitrogens with one attached hydrogen (secondary N) is 6. The van der Waals surface area contributed by atoms with Gasteiger partial charge >= 0.3 is 16.4 Å². The van der Waals surface area contributed by atoms with E-state index in [2.05, 4.69) is 56.5 Å². The normalized spacial score (nSPS) is 13.5. The minimum atomic E-state index is -5.05. The van der Waals surface area contributed by atoms with Crippen molar-refractivity contribution in [3.63, 3.8) is 0 Å². The molecule has 7 N–H and O–H groups in total. The number of esters is 1. The first-order valence-electron chi connectivity index (χ1n) is 30.5. The van der Waals surface area contributed by atoms with Crippen molar-refractivity contribution >= 4 is 56.8 Å². The lowest BCUT2D eigenvalue weighted by Gasteiger charge is -2.24. The molecule has 0 aliphatic heterocycles. The number of para-hydroxylation sites is 1. The number of aromatic nitrogens is 1. The van der Waals surface area contributed by atoms with Crippen molar-refractivity contribution in [2.24, 2.45) is 5.92 Å². The number of amides is 5. The van der Waals surface area contributed by atoms with Crippen LogP contribution in [0.4, 0.5) is 0 Å². The molecule has 79 heavy (non-hydrogen) atoms. The van der Waals surface area contributed by atoms with Gasteiger partial charge in [0.05, 0.1) is 38.8 Å². The molecule has 0 bridgehead atoms. The zero-order chi connectivity index (χ0) is 57.9. The Bertz CT molecular complexity index is 2100. The van der Waals surface area contributed by atoms with E-state index in [4.69, 9.17) is 9.47 Å². The SMILES string of the molecule is CCCCCCCCCCCCCC(=O)N[C@@H](CNC(=O)[C@H](COS(=O)(=O)O)NC(=O)CNC(=O)[C@H](NC(=O)Cc1c[nH]c2ccccc12)[C@H](C)CC)COCC[C@H](CCCCCCC)OC(=O)CCCCCCCCCCC. The molecule has 0 fully saturated rings. The van der Waals surface area contributed by atoms with E-state index in [0.717, 1.165) is 87.1 Å². The summed E-state index contributed by atoms with van der Waals surface area (Å²) in [7, 11) is -5.05. The Morgan fingerprint density at radius 1 is 0.608 bits per heavy atom. The zero-order valence-electron chi connectivity index (χ0n) is 49.1. The highest BCUT2D eigenvalue weighted by Gasteiger charge is 2.29. The molecule has 2 aromatic rings. The zero-order valence-corrected chi connectivity index (χ0v) is 49.9. The summed E-state index contributed by atoms with van der Waals surface area (Å²) in [5, 5.41) is 14.1. The maximum absolute atomic E-state index is 13.7. The van der Waals surface area contributed by atoms with E-state index in [1.54, 1.807) is 13.1 Å². The van der Waals surface area contributed by atoms with Gasteiger partial charge in [0.1, 0.15) is 18.2 Å². The average Bonchev–Trinajstić information content (AvgIpc) is 3.83. The van der Waals surface area contributed by atoms with Gasteiger partial charge in [-0.25, -0.2) is 4.18 Å². The van der Waals surface area contributed by atoms with Gasteiger partial charge in [-0.3, -0.25) is 33.3 Å². The topological polar surface area (TPSA) is 260 Å². The molecule has 0 unspecified atom stereocenters. The number of unbranched alkanes of at least 4 members (excludes halogenated alkanes) is 22. The Hall–Kier alpha value is -4.59. The number of aromatic amines is 1. The number of carbonyl (C=O) groups excluding carboxylic acids is 6. The molecule has 2 rings (SSSR count). The number of H-pyrrole nitrogens is 1. The van der Waals surface area contributed by atoms with E-state index in [1.165, 1.54) is 83.5 Å². The lowest BCUT2D eigenvalue weighted by Crippen LogP contribution is -2.56. The predicted octanol–water partition coefficient (Wildman–Crippen LogP) is 10.6. The maximum atomic E-state index is 13.7. The van der Waals surface area contributed by atoms with E-state index >= 15 is 0 Å². The highest BCUT2D eigenvalue weighted by Crippen LogP contribution is 2.20. The maximum Gasteiger partial charge on any atom is 0.397 e. The number of hydrogen-bond donors (Lipinski definition) is 7. The summed E-state index contributed by atoms with van der Waals surface area (Å²) in [6, 6.07) is 4.09. The monoisotopic (exact) mass is 1130 g/mol. The highest BCUT2D eigenvalue weighted by atomic mass is 32.3. The average molecular weight is 1130 g/mol. The summed E-state index contributed by atoms with van der Waals surface area (Å²) in [6.07, 6.45) is 31.8. The second-order valence-corrected chi connectivity index (χ2v) is 22.7. The lowest BCUT2D eigenvalue weighted by molar-refractivity contribution is -0.150. The molecule has 19 heteroatoms. The number of rotatable bonds is 50. The van der Waals surface area contributed by atoms with Gasteiger partial charge in [-0.05, 0) is 43.2 Å². The Morgan fingerprint density at radius 3 is 1.75 bits per heavy atom. The Morgan fingerprint density at radius 2 is 1.16 bits per heavy atom. The first kappa shape index (κ1) is 70.5. The van der Waals surface area contributed by atoms with Gasteiger partial charge in [0, 0.05) is 42.9 Å². The third kappa shape index (κ3) is 35.0. The molecule has 18 nitrogen and oxygen atoms in total. The summed E-state index contributed by atoms with van der Waals surface area (Å²) in [5.41, 5.74) is 1.62. The second kappa shape index (κ2) is 44.1. The van der Waals surface area contributed by atoms with Crippen LogP contribution in [0.5, 0.6) is 0 Å². The minimum Gasteiger partial charge on any atom is -0.462 e. The Balaban J connectivity index is 2.09. The van der Waals surface area contributed by atoms with Crippen molar-refractivity contribution in [1.29, 1.82) is 0 Å². The largest absolute Gasteiger partial charge is 0.462 e. The van der Waals surface area contributed by atoms with Gasteiger partial charge in [0.15, 0.2) is 0 Å². The van der Waals surface area contributed by atoms with Crippen molar-refractivity contribution < 1.29 is 55.4 Å². The van der Waals surface area contributed by atoms with Crippen molar-refractivity contribution in [3.8, 4) is 0 Å². The number of ether oxygens (including phenoxy) is 2. The van der Waals surface area contributed by atoms with Gasteiger partial charge in [0.25, 0.3) is 0 Å². The third-order valence-electron chi connectivity index (χ3n) is 14.5. The first-order chi connectivity index (χ1) is 38.1. The van der Waals surface area contributed by atoms with Crippen LogP contribution in [0.25, 0.3) is 10.9 Å². The quantitative estimate of drug-likeness (QED) is 0.0185. The third-order valence-corrected chi connectivity index (χ3v) is 14.9. The number of fused-ring (bicyclic) bond motifs is 1. The number of benzene rings is 1. The smallest absolute Gasteiger partial charge is 0.397 e. The van der Waals surface area contributed by atoms with Crippen molar-refractivity contribution in [1.82, 2.24) is 31.6 Å². The van der Waals surface area contributed by atoms with Crippen LogP contribution in [0, 0.1) is 5.92 Å². The molecule has 452 valence electrons. The Kier molecular flexibility index (Phi) is 39.4. The molecule has 1 heterocycles.